The predicted molar refractivity (Wildman–Crippen MR) is 89.4 cm³/mol. The number of nitrogens with one attached hydrogen (secondary N) is 2. The van der Waals surface area contributed by atoms with E-state index in [0.29, 0.717) is 28.9 Å². The van der Waals surface area contributed by atoms with E-state index < -0.39 is 0 Å². The number of methoxy groups -OCH3 is 1. The predicted octanol–water partition coefficient (Wildman–Crippen LogP) is 3.26. The van der Waals surface area contributed by atoms with E-state index in [1.165, 1.54) is 0 Å². The molecule has 5 nitrogen and oxygen atoms in total. The van der Waals surface area contributed by atoms with Gasteiger partial charge in [0.1, 0.15) is 0 Å². The summed E-state index contributed by atoms with van der Waals surface area (Å²) < 4.78 is 11.1. The Bertz CT molecular complexity index is 611. The zero-order valence-corrected chi connectivity index (χ0v) is 13.8. The van der Waals surface area contributed by atoms with Crippen molar-refractivity contribution in [1.29, 1.82) is 5.41 Å². The molecule has 0 spiro atoms. The Labute approximate surface area is 134 Å². The van der Waals surface area contributed by atoms with Crippen LogP contribution in [-0.2, 0) is 4.79 Å². The molecule has 1 saturated heterocycles. The highest BCUT2D eigenvalue weighted by atomic mass is 32.2. The summed E-state index contributed by atoms with van der Waals surface area (Å²) in [6, 6.07) is 5.54. The van der Waals surface area contributed by atoms with Crippen molar-refractivity contribution in [3.8, 4) is 11.5 Å². The summed E-state index contributed by atoms with van der Waals surface area (Å²) in [5, 5.41) is 10.0. The summed E-state index contributed by atoms with van der Waals surface area (Å²) in [7, 11) is 1.59. The minimum absolute atomic E-state index is 0.150. The second kappa shape index (κ2) is 7.35. The van der Waals surface area contributed by atoms with E-state index in [1.807, 2.05) is 18.2 Å². The first-order valence-electron chi connectivity index (χ1n) is 7.10. The first-order valence-corrected chi connectivity index (χ1v) is 7.91. The van der Waals surface area contributed by atoms with Crippen molar-refractivity contribution in [1.82, 2.24) is 5.32 Å². The molecule has 6 heteroatoms. The first kappa shape index (κ1) is 16.4. The lowest BCUT2D eigenvalue weighted by Gasteiger charge is -2.12. The smallest absolute Gasteiger partial charge is 0.264 e. The molecule has 1 amide bonds. The molecule has 118 valence electrons. The lowest BCUT2D eigenvalue weighted by atomic mass is 10.1. The van der Waals surface area contributed by atoms with Crippen LogP contribution in [0.5, 0.6) is 11.5 Å². The van der Waals surface area contributed by atoms with Crippen LogP contribution in [0.15, 0.2) is 23.1 Å². The van der Waals surface area contributed by atoms with Crippen molar-refractivity contribution in [2.24, 2.45) is 5.92 Å². The van der Waals surface area contributed by atoms with E-state index in [2.05, 4.69) is 19.2 Å². The van der Waals surface area contributed by atoms with Gasteiger partial charge in [-0.2, -0.15) is 0 Å². The quantitative estimate of drug-likeness (QED) is 0.789. The minimum Gasteiger partial charge on any atom is -0.493 e. The molecule has 2 N–H and O–H groups in total. The number of amides is 1. The number of rotatable bonds is 6. The molecule has 0 radical (unpaired) electrons. The van der Waals surface area contributed by atoms with Crippen LogP contribution in [0.2, 0.25) is 0 Å². The molecule has 1 aliphatic heterocycles. The van der Waals surface area contributed by atoms with Crippen LogP contribution in [0.1, 0.15) is 25.8 Å². The Kier molecular flexibility index (Phi) is 5.49. The van der Waals surface area contributed by atoms with Crippen molar-refractivity contribution in [3.05, 3.63) is 28.7 Å². The average Bonchev–Trinajstić information content (AvgIpc) is 2.77. The number of benzene rings is 1. The molecular formula is C16H20N2O3S. The maximum absolute atomic E-state index is 11.6. The number of carbonyl (C=O) groups excluding carboxylic acids is 1. The Morgan fingerprint density at radius 1 is 1.36 bits per heavy atom. The monoisotopic (exact) mass is 320 g/mol. The highest BCUT2D eigenvalue weighted by molar-refractivity contribution is 8.18. The standard InChI is InChI=1S/C16H20N2O3S/c1-10(2)6-7-21-12-5-4-11(8-13(12)20-3)9-14-15(19)18-16(17)22-14/h4-5,8-10H,6-7H2,1-3H3,(H2,17,18,19). The molecule has 0 aromatic heterocycles. The van der Waals surface area contributed by atoms with Gasteiger partial charge in [-0.05, 0) is 47.9 Å². The van der Waals surface area contributed by atoms with Gasteiger partial charge in [0.25, 0.3) is 5.91 Å². The molecule has 22 heavy (non-hydrogen) atoms. The van der Waals surface area contributed by atoms with E-state index in [0.717, 1.165) is 23.7 Å². The minimum atomic E-state index is -0.244. The fraction of sp³-hybridized carbons (Fsp3) is 0.375. The van der Waals surface area contributed by atoms with Gasteiger partial charge in [-0.25, -0.2) is 0 Å². The van der Waals surface area contributed by atoms with Crippen molar-refractivity contribution < 1.29 is 14.3 Å². The van der Waals surface area contributed by atoms with Gasteiger partial charge in [0.05, 0.1) is 18.6 Å². The van der Waals surface area contributed by atoms with Crippen LogP contribution < -0.4 is 14.8 Å². The molecule has 1 aromatic carbocycles. The molecule has 2 rings (SSSR count). The largest absolute Gasteiger partial charge is 0.493 e. The van der Waals surface area contributed by atoms with Crippen LogP contribution in [-0.4, -0.2) is 24.8 Å². The maximum Gasteiger partial charge on any atom is 0.264 e. The zero-order chi connectivity index (χ0) is 16.1. The summed E-state index contributed by atoms with van der Waals surface area (Å²) in [5.74, 6) is 1.67. The van der Waals surface area contributed by atoms with Crippen LogP contribution in [0.4, 0.5) is 0 Å². The fourth-order valence-electron chi connectivity index (χ4n) is 1.89. The van der Waals surface area contributed by atoms with E-state index in [4.69, 9.17) is 14.9 Å². The van der Waals surface area contributed by atoms with E-state index in [1.54, 1.807) is 13.2 Å². The molecule has 0 saturated carbocycles. The van der Waals surface area contributed by atoms with Crippen molar-refractivity contribution >= 4 is 28.9 Å². The Morgan fingerprint density at radius 2 is 2.14 bits per heavy atom. The SMILES string of the molecule is COc1cc(C=C2SC(=N)NC2=O)ccc1OCCC(C)C. The lowest BCUT2D eigenvalue weighted by molar-refractivity contribution is -0.115. The second-order valence-electron chi connectivity index (χ2n) is 5.34. The van der Waals surface area contributed by atoms with E-state index in [9.17, 15) is 4.79 Å². The average molecular weight is 320 g/mol. The van der Waals surface area contributed by atoms with Gasteiger partial charge in [-0.3, -0.25) is 10.2 Å². The van der Waals surface area contributed by atoms with Gasteiger partial charge in [0.2, 0.25) is 0 Å². The van der Waals surface area contributed by atoms with Crippen molar-refractivity contribution in [2.75, 3.05) is 13.7 Å². The molecule has 0 atom stereocenters. The molecule has 0 aliphatic carbocycles. The number of amidine groups is 1. The maximum atomic E-state index is 11.6. The molecule has 1 aliphatic rings. The normalized spacial score (nSPS) is 16.3. The van der Waals surface area contributed by atoms with Gasteiger partial charge in [0.15, 0.2) is 16.7 Å². The fourth-order valence-corrected chi connectivity index (χ4v) is 2.59. The number of carbonyl (C=O) groups is 1. The third-order valence-electron chi connectivity index (χ3n) is 3.10. The van der Waals surface area contributed by atoms with Gasteiger partial charge in [-0.1, -0.05) is 19.9 Å². The zero-order valence-electron chi connectivity index (χ0n) is 12.9. The number of hydrogen-bond donors (Lipinski definition) is 2. The lowest BCUT2D eigenvalue weighted by Crippen LogP contribution is -2.18. The third-order valence-corrected chi connectivity index (χ3v) is 3.93. The molecule has 1 aromatic rings. The summed E-state index contributed by atoms with van der Waals surface area (Å²) >= 11 is 1.11. The highest BCUT2D eigenvalue weighted by Crippen LogP contribution is 2.31. The molecule has 0 bridgehead atoms. The van der Waals surface area contributed by atoms with Crippen molar-refractivity contribution in [2.45, 2.75) is 20.3 Å². The number of hydrogen-bond acceptors (Lipinski definition) is 5. The van der Waals surface area contributed by atoms with Gasteiger partial charge in [-0.15, -0.1) is 0 Å². The van der Waals surface area contributed by atoms with Gasteiger partial charge < -0.3 is 14.8 Å². The van der Waals surface area contributed by atoms with Crippen LogP contribution >= 0.6 is 11.8 Å². The first-order chi connectivity index (χ1) is 10.5. The van der Waals surface area contributed by atoms with Crippen LogP contribution in [0, 0.1) is 11.3 Å². The second-order valence-corrected chi connectivity index (χ2v) is 6.39. The molecule has 0 unspecified atom stereocenters. The van der Waals surface area contributed by atoms with Gasteiger partial charge >= 0.3 is 0 Å². The Hall–Kier alpha value is -1.95. The van der Waals surface area contributed by atoms with E-state index in [-0.39, 0.29) is 11.1 Å². The number of thioether (sulfide) groups is 1. The summed E-state index contributed by atoms with van der Waals surface area (Å²) in [6.07, 6.45) is 2.72. The van der Waals surface area contributed by atoms with Crippen molar-refractivity contribution in [3.63, 3.8) is 0 Å². The third kappa shape index (κ3) is 4.27. The Balaban J connectivity index is 2.13. The van der Waals surface area contributed by atoms with Gasteiger partial charge in [0, 0.05) is 0 Å². The van der Waals surface area contributed by atoms with Crippen LogP contribution in [0.3, 0.4) is 0 Å². The van der Waals surface area contributed by atoms with Crippen LogP contribution in [0.25, 0.3) is 6.08 Å². The highest BCUT2D eigenvalue weighted by Gasteiger charge is 2.22. The molecular weight excluding hydrogens is 300 g/mol. The topological polar surface area (TPSA) is 71.4 Å². The summed E-state index contributed by atoms with van der Waals surface area (Å²) in [6.45, 7) is 4.94. The summed E-state index contributed by atoms with van der Waals surface area (Å²) in [5.41, 5.74) is 0.834. The molecule has 1 heterocycles. The number of ether oxygens (including phenoxy) is 2. The summed E-state index contributed by atoms with van der Waals surface area (Å²) in [4.78, 5) is 12.1. The Morgan fingerprint density at radius 3 is 2.73 bits per heavy atom. The molecule has 1 fully saturated rings. The van der Waals surface area contributed by atoms with E-state index >= 15 is 0 Å².